The lowest BCUT2D eigenvalue weighted by molar-refractivity contribution is -0.122. The molecule has 100 valence electrons. The van der Waals surface area contributed by atoms with E-state index in [0.717, 1.165) is 18.4 Å². The fraction of sp³-hybridized carbons (Fsp3) is 0.714. The molecular formula is C14H22N2O2. The lowest BCUT2D eigenvalue weighted by Gasteiger charge is -2.18. The molecule has 1 saturated carbocycles. The minimum atomic E-state index is -0.0219. The second-order valence-electron chi connectivity index (χ2n) is 5.16. The molecule has 0 aliphatic heterocycles. The van der Waals surface area contributed by atoms with Gasteiger partial charge in [0, 0.05) is 24.8 Å². The summed E-state index contributed by atoms with van der Waals surface area (Å²) in [7, 11) is 1.70. The number of rotatable bonds is 7. The molecule has 0 aromatic carbocycles. The maximum absolute atomic E-state index is 11.5. The van der Waals surface area contributed by atoms with E-state index in [1.165, 1.54) is 12.8 Å². The largest absolute Gasteiger partial charge is 0.377 e. The third-order valence-corrected chi connectivity index (χ3v) is 3.77. The van der Waals surface area contributed by atoms with E-state index >= 15 is 0 Å². The molecule has 0 N–H and O–H groups in total. The summed E-state index contributed by atoms with van der Waals surface area (Å²) < 4.78 is 7.55. The highest BCUT2D eigenvalue weighted by Crippen LogP contribution is 2.35. The maximum Gasteiger partial charge on any atom is 0.133 e. The number of Topliss-reactive ketones (excluding diaryl/α,β-unsaturated/α-hetero) is 1. The summed E-state index contributed by atoms with van der Waals surface area (Å²) in [6, 6.07) is 0.589. The molecule has 0 saturated heterocycles. The van der Waals surface area contributed by atoms with Crippen LogP contribution in [0.4, 0.5) is 0 Å². The molecule has 1 fully saturated rings. The molecular weight excluding hydrogens is 228 g/mol. The number of hydrogen-bond acceptors (Lipinski definition) is 3. The van der Waals surface area contributed by atoms with Crippen LogP contribution >= 0.6 is 0 Å². The number of carbonyl (C=O) groups is 1. The molecule has 0 radical (unpaired) electrons. The smallest absolute Gasteiger partial charge is 0.133 e. The van der Waals surface area contributed by atoms with Crippen LogP contribution < -0.4 is 0 Å². The van der Waals surface area contributed by atoms with Crippen LogP contribution in [0.25, 0.3) is 0 Å². The van der Waals surface area contributed by atoms with Crippen molar-refractivity contribution in [2.45, 2.75) is 51.7 Å². The van der Waals surface area contributed by atoms with E-state index in [4.69, 9.17) is 4.74 Å². The Kier molecular flexibility index (Phi) is 4.17. The quantitative estimate of drug-likeness (QED) is 0.747. The van der Waals surface area contributed by atoms with Crippen LogP contribution in [-0.2, 0) is 9.53 Å². The van der Waals surface area contributed by atoms with Gasteiger partial charge in [-0.3, -0.25) is 9.48 Å². The second-order valence-corrected chi connectivity index (χ2v) is 5.16. The van der Waals surface area contributed by atoms with Gasteiger partial charge in [0.05, 0.1) is 18.3 Å². The molecule has 0 bridgehead atoms. The highest BCUT2D eigenvalue weighted by molar-refractivity contribution is 5.78. The van der Waals surface area contributed by atoms with Gasteiger partial charge in [-0.1, -0.05) is 6.92 Å². The Labute approximate surface area is 108 Å². The molecule has 1 heterocycles. The monoisotopic (exact) mass is 250 g/mol. The average Bonchev–Trinajstić information content (AvgIpc) is 3.09. The number of hydrogen-bond donors (Lipinski definition) is 0. The van der Waals surface area contributed by atoms with Gasteiger partial charge in [-0.2, -0.15) is 5.10 Å². The molecule has 2 atom stereocenters. The Hall–Kier alpha value is -1.16. The fourth-order valence-electron chi connectivity index (χ4n) is 2.30. The summed E-state index contributed by atoms with van der Waals surface area (Å²) >= 11 is 0. The van der Waals surface area contributed by atoms with Gasteiger partial charge >= 0.3 is 0 Å². The van der Waals surface area contributed by atoms with Crippen LogP contribution in [0.15, 0.2) is 12.4 Å². The first kappa shape index (κ1) is 13.3. The van der Waals surface area contributed by atoms with Crippen molar-refractivity contribution in [1.82, 2.24) is 9.78 Å². The van der Waals surface area contributed by atoms with Crippen LogP contribution in [-0.4, -0.2) is 22.7 Å². The average molecular weight is 250 g/mol. The van der Waals surface area contributed by atoms with E-state index < -0.39 is 0 Å². The number of carbonyl (C=O) groups excluding carboxylic acids is 1. The minimum Gasteiger partial charge on any atom is -0.377 e. The molecule has 18 heavy (non-hydrogen) atoms. The number of aromatic nitrogens is 2. The maximum atomic E-state index is 11.5. The fourth-order valence-corrected chi connectivity index (χ4v) is 2.30. The predicted octanol–water partition coefficient (Wildman–Crippen LogP) is 2.91. The van der Waals surface area contributed by atoms with Gasteiger partial charge in [-0.05, 0) is 32.6 Å². The first-order chi connectivity index (χ1) is 8.65. The van der Waals surface area contributed by atoms with E-state index in [1.54, 1.807) is 14.0 Å². The van der Waals surface area contributed by atoms with Gasteiger partial charge in [-0.25, -0.2) is 0 Å². The zero-order chi connectivity index (χ0) is 13.1. The van der Waals surface area contributed by atoms with Gasteiger partial charge in [-0.15, -0.1) is 0 Å². The summed E-state index contributed by atoms with van der Waals surface area (Å²) in [4.78, 5) is 11.5. The zero-order valence-corrected chi connectivity index (χ0v) is 11.4. The molecule has 0 amide bonds. The van der Waals surface area contributed by atoms with Crippen molar-refractivity contribution >= 4 is 5.78 Å². The van der Waals surface area contributed by atoms with E-state index in [-0.39, 0.29) is 17.8 Å². The standard InChI is InChI=1S/C14H22N2O2/c1-4-11(10(2)17)7-14(18-3)12-8-15-16(9-12)13-5-6-13/h8-9,11,13-14H,4-7H2,1-3H3. The van der Waals surface area contributed by atoms with Crippen LogP contribution in [0.5, 0.6) is 0 Å². The summed E-state index contributed by atoms with van der Waals surface area (Å²) in [6.45, 7) is 3.71. The Morgan fingerprint density at radius 2 is 2.33 bits per heavy atom. The third-order valence-electron chi connectivity index (χ3n) is 3.77. The number of ketones is 1. The second kappa shape index (κ2) is 5.65. The highest BCUT2D eigenvalue weighted by Gasteiger charge is 2.26. The molecule has 0 spiro atoms. The van der Waals surface area contributed by atoms with E-state index in [9.17, 15) is 4.79 Å². The van der Waals surface area contributed by atoms with Crippen molar-refractivity contribution in [3.8, 4) is 0 Å². The molecule has 4 nitrogen and oxygen atoms in total. The summed E-state index contributed by atoms with van der Waals surface area (Å²) in [5.74, 6) is 0.327. The Morgan fingerprint density at radius 3 is 2.83 bits per heavy atom. The lowest BCUT2D eigenvalue weighted by Crippen LogP contribution is -2.15. The van der Waals surface area contributed by atoms with E-state index in [0.29, 0.717) is 6.04 Å². The highest BCUT2D eigenvalue weighted by atomic mass is 16.5. The van der Waals surface area contributed by atoms with Crippen LogP contribution in [0.2, 0.25) is 0 Å². The topological polar surface area (TPSA) is 44.1 Å². The summed E-state index contributed by atoms with van der Waals surface area (Å²) in [5.41, 5.74) is 1.09. The van der Waals surface area contributed by atoms with E-state index in [2.05, 4.69) is 11.3 Å². The molecule has 4 heteroatoms. The van der Waals surface area contributed by atoms with Gasteiger partial charge in [0.1, 0.15) is 5.78 Å². The van der Waals surface area contributed by atoms with Crippen molar-refractivity contribution in [2.75, 3.05) is 7.11 Å². The van der Waals surface area contributed by atoms with Crippen LogP contribution in [0, 0.1) is 5.92 Å². The molecule has 1 aliphatic carbocycles. The van der Waals surface area contributed by atoms with Crippen molar-refractivity contribution in [3.05, 3.63) is 18.0 Å². The Balaban J connectivity index is 2.04. The molecule has 1 aliphatic rings. The summed E-state index contributed by atoms with van der Waals surface area (Å²) in [5, 5.41) is 4.38. The number of nitrogens with zero attached hydrogens (tertiary/aromatic N) is 2. The third kappa shape index (κ3) is 2.99. The first-order valence-corrected chi connectivity index (χ1v) is 6.73. The molecule has 2 unspecified atom stereocenters. The van der Waals surface area contributed by atoms with Crippen molar-refractivity contribution in [3.63, 3.8) is 0 Å². The Morgan fingerprint density at radius 1 is 1.61 bits per heavy atom. The zero-order valence-electron chi connectivity index (χ0n) is 11.4. The summed E-state index contributed by atoms with van der Waals surface area (Å²) in [6.07, 6.45) is 7.99. The van der Waals surface area contributed by atoms with Crippen LogP contribution in [0.1, 0.15) is 57.2 Å². The van der Waals surface area contributed by atoms with Crippen molar-refractivity contribution < 1.29 is 9.53 Å². The van der Waals surface area contributed by atoms with E-state index in [1.807, 2.05) is 17.8 Å². The van der Waals surface area contributed by atoms with Gasteiger partial charge in [0.2, 0.25) is 0 Å². The predicted molar refractivity (Wildman–Crippen MR) is 69.3 cm³/mol. The SMILES string of the molecule is CCC(CC(OC)c1cnn(C2CC2)c1)C(C)=O. The Bertz CT molecular complexity index is 410. The number of ether oxygens (including phenoxy) is 1. The molecule has 2 rings (SSSR count). The first-order valence-electron chi connectivity index (χ1n) is 6.73. The molecule has 1 aromatic heterocycles. The van der Waals surface area contributed by atoms with Crippen molar-refractivity contribution in [2.24, 2.45) is 5.92 Å². The number of methoxy groups -OCH3 is 1. The van der Waals surface area contributed by atoms with Gasteiger partial charge in [0.25, 0.3) is 0 Å². The van der Waals surface area contributed by atoms with Crippen LogP contribution in [0.3, 0.4) is 0 Å². The van der Waals surface area contributed by atoms with Gasteiger partial charge < -0.3 is 4.74 Å². The normalized spacial score (nSPS) is 18.6. The minimum absolute atomic E-state index is 0.0219. The van der Waals surface area contributed by atoms with Crippen molar-refractivity contribution in [1.29, 1.82) is 0 Å². The lowest BCUT2D eigenvalue weighted by atomic mass is 9.93. The molecule has 1 aromatic rings. The van der Waals surface area contributed by atoms with Gasteiger partial charge in [0.15, 0.2) is 0 Å².